The number of amides is 1. The monoisotopic (exact) mass is 212 g/mol. The van der Waals surface area contributed by atoms with Gasteiger partial charge in [0, 0.05) is 25.6 Å². The fraction of sp³-hybridized carbons (Fsp3) is 0.917. The summed E-state index contributed by atoms with van der Waals surface area (Å²) in [7, 11) is 1.98. The van der Waals surface area contributed by atoms with Crippen molar-refractivity contribution in [3.8, 4) is 0 Å². The number of carbonyl (C=O) groups is 1. The number of rotatable bonds is 5. The quantitative estimate of drug-likeness (QED) is 0.705. The van der Waals surface area contributed by atoms with Gasteiger partial charge in [-0.2, -0.15) is 0 Å². The summed E-state index contributed by atoms with van der Waals surface area (Å²) < 4.78 is 0. The van der Waals surface area contributed by atoms with E-state index in [1.54, 1.807) is 0 Å². The lowest BCUT2D eigenvalue weighted by Crippen LogP contribution is -2.46. The lowest BCUT2D eigenvalue weighted by molar-refractivity contribution is -0.132. The van der Waals surface area contributed by atoms with Gasteiger partial charge in [0.1, 0.15) is 0 Å². The van der Waals surface area contributed by atoms with Crippen molar-refractivity contribution in [3.63, 3.8) is 0 Å². The molecule has 3 heteroatoms. The minimum Gasteiger partial charge on any atom is -0.341 e. The van der Waals surface area contributed by atoms with E-state index in [0.717, 1.165) is 32.4 Å². The van der Waals surface area contributed by atoms with Gasteiger partial charge >= 0.3 is 0 Å². The molecule has 0 aliphatic carbocycles. The van der Waals surface area contributed by atoms with Crippen molar-refractivity contribution in [2.45, 2.75) is 51.5 Å². The average molecular weight is 212 g/mol. The van der Waals surface area contributed by atoms with E-state index in [-0.39, 0.29) is 0 Å². The van der Waals surface area contributed by atoms with E-state index < -0.39 is 0 Å². The fourth-order valence-corrected chi connectivity index (χ4v) is 2.12. The molecule has 15 heavy (non-hydrogen) atoms. The Balaban J connectivity index is 2.25. The first-order valence-electron chi connectivity index (χ1n) is 6.23. The number of likely N-dealkylation sites (tertiary alicyclic amines) is 1. The number of nitrogens with zero attached hydrogens (tertiary/aromatic N) is 1. The summed E-state index contributed by atoms with van der Waals surface area (Å²) in [6.07, 6.45) is 6.50. The molecule has 3 nitrogen and oxygen atoms in total. The van der Waals surface area contributed by atoms with Crippen LogP contribution in [0.15, 0.2) is 0 Å². The van der Waals surface area contributed by atoms with Gasteiger partial charge in [-0.05, 0) is 26.3 Å². The highest BCUT2D eigenvalue weighted by atomic mass is 16.2. The van der Waals surface area contributed by atoms with Gasteiger partial charge in [0.05, 0.1) is 0 Å². The number of nitrogens with one attached hydrogen (secondary N) is 1. The van der Waals surface area contributed by atoms with Crippen molar-refractivity contribution in [2.75, 3.05) is 20.1 Å². The fourth-order valence-electron chi connectivity index (χ4n) is 2.12. The molecule has 0 bridgehead atoms. The first-order valence-corrected chi connectivity index (χ1v) is 6.23. The van der Waals surface area contributed by atoms with Crippen LogP contribution in [-0.2, 0) is 4.79 Å². The van der Waals surface area contributed by atoms with Crippen molar-refractivity contribution >= 4 is 5.91 Å². The molecule has 0 aromatic heterocycles. The predicted molar refractivity (Wildman–Crippen MR) is 62.8 cm³/mol. The zero-order valence-corrected chi connectivity index (χ0v) is 10.1. The molecule has 0 saturated carbocycles. The van der Waals surface area contributed by atoms with E-state index in [4.69, 9.17) is 0 Å². The normalized spacial score (nSPS) is 21.7. The summed E-state index contributed by atoms with van der Waals surface area (Å²) in [5.41, 5.74) is 0. The van der Waals surface area contributed by atoms with Crippen molar-refractivity contribution in [1.82, 2.24) is 10.2 Å². The van der Waals surface area contributed by atoms with Crippen LogP contribution in [0.25, 0.3) is 0 Å². The molecule has 1 saturated heterocycles. The number of piperidine rings is 1. The maximum absolute atomic E-state index is 11.8. The second kappa shape index (κ2) is 6.83. The molecule has 1 unspecified atom stereocenters. The molecule has 0 aromatic carbocycles. The van der Waals surface area contributed by atoms with Gasteiger partial charge < -0.3 is 10.2 Å². The third kappa shape index (κ3) is 4.20. The summed E-state index contributed by atoms with van der Waals surface area (Å²) in [6.45, 7) is 4.03. The number of likely N-dealkylation sites (N-methyl/N-ethyl adjacent to an activating group) is 1. The molecule has 1 aliphatic rings. The Morgan fingerprint density at radius 1 is 1.47 bits per heavy atom. The van der Waals surface area contributed by atoms with Crippen molar-refractivity contribution in [3.05, 3.63) is 0 Å². The number of hydrogen-bond acceptors (Lipinski definition) is 2. The van der Waals surface area contributed by atoms with Crippen LogP contribution in [-0.4, -0.2) is 37.0 Å². The molecule has 1 N–H and O–H groups in total. The van der Waals surface area contributed by atoms with Crippen molar-refractivity contribution in [2.24, 2.45) is 0 Å². The van der Waals surface area contributed by atoms with Gasteiger partial charge in [-0.15, -0.1) is 0 Å². The molecule has 1 heterocycles. The molecule has 88 valence electrons. The molecule has 1 amide bonds. The Hall–Kier alpha value is -0.570. The van der Waals surface area contributed by atoms with E-state index in [1.165, 1.54) is 19.3 Å². The minimum atomic E-state index is 0.350. The number of unbranched alkanes of at least 4 members (excludes halogenated alkanes) is 2. The van der Waals surface area contributed by atoms with Crippen LogP contribution in [0.4, 0.5) is 0 Å². The lowest BCUT2D eigenvalue weighted by Gasteiger charge is -2.32. The third-order valence-electron chi connectivity index (χ3n) is 3.18. The molecule has 0 aromatic rings. The second-order valence-electron chi connectivity index (χ2n) is 4.42. The van der Waals surface area contributed by atoms with Crippen LogP contribution in [0.2, 0.25) is 0 Å². The van der Waals surface area contributed by atoms with Crippen LogP contribution in [0.1, 0.15) is 45.4 Å². The van der Waals surface area contributed by atoms with Crippen LogP contribution < -0.4 is 5.32 Å². The molecule has 1 fully saturated rings. The van der Waals surface area contributed by atoms with Crippen LogP contribution in [0.5, 0.6) is 0 Å². The molecule has 0 spiro atoms. The Bertz CT molecular complexity index is 194. The summed E-state index contributed by atoms with van der Waals surface area (Å²) in [4.78, 5) is 13.9. The standard InChI is InChI=1S/C12H24N2O/c1-3-4-5-8-12(15)14-9-6-7-11(10-14)13-2/h11,13H,3-10H2,1-2H3. The zero-order chi connectivity index (χ0) is 11.1. The maximum Gasteiger partial charge on any atom is 0.222 e. The van der Waals surface area contributed by atoms with E-state index >= 15 is 0 Å². The Morgan fingerprint density at radius 2 is 2.27 bits per heavy atom. The van der Waals surface area contributed by atoms with E-state index in [2.05, 4.69) is 12.2 Å². The van der Waals surface area contributed by atoms with Gasteiger partial charge in [-0.25, -0.2) is 0 Å². The summed E-state index contributed by atoms with van der Waals surface area (Å²) in [5, 5.41) is 3.26. The molecule has 1 atom stereocenters. The molecular formula is C12H24N2O. The molecule has 0 radical (unpaired) electrons. The molecule has 1 rings (SSSR count). The molecule has 1 aliphatic heterocycles. The summed E-state index contributed by atoms with van der Waals surface area (Å²) in [6, 6.07) is 0.508. The predicted octanol–water partition coefficient (Wildman–Crippen LogP) is 1.78. The Labute approximate surface area is 93.2 Å². The second-order valence-corrected chi connectivity index (χ2v) is 4.42. The van der Waals surface area contributed by atoms with Gasteiger partial charge in [-0.3, -0.25) is 4.79 Å². The van der Waals surface area contributed by atoms with E-state index in [0.29, 0.717) is 11.9 Å². The highest BCUT2D eigenvalue weighted by Gasteiger charge is 2.21. The lowest BCUT2D eigenvalue weighted by atomic mass is 10.1. The SMILES string of the molecule is CCCCCC(=O)N1CCCC(NC)C1. The van der Waals surface area contributed by atoms with Gasteiger partial charge in [0.25, 0.3) is 0 Å². The first kappa shape index (κ1) is 12.5. The zero-order valence-electron chi connectivity index (χ0n) is 10.1. The van der Waals surface area contributed by atoms with Crippen LogP contribution in [0, 0.1) is 0 Å². The highest BCUT2D eigenvalue weighted by Crippen LogP contribution is 2.12. The Kier molecular flexibility index (Phi) is 5.69. The first-order chi connectivity index (χ1) is 7.27. The average Bonchev–Trinajstić information content (AvgIpc) is 2.29. The summed E-state index contributed by atoms with van der Waals surface area (Å²) in [5.74, 6) is 0.350. The Morgan fingerprint density at radius 3 is 2.93 bits per heavy atom. The summed E-state index contributed by atoms with van der Waals surface area (Å²) >= 11 is 0. The maximum atomic E-state index is 11.8. The molecular weight excluding hydrogens is 188 g/mol. The van der Waals surface area contributed by atoms with E-state index in [9.17, 15) is 4.79 Å². The third-order valence-corrected chi connectivity index (χ3v) is 3.18. The van der Waals surface area contributed by atoms with Crippen molar-refractivity contribution in [1.29, 1.82) is 0 Å². The van der Waals surface area contributed by atoms with Gasteiger partial charge in [0.15, 0.2) is 0 Å². The van der Waals surface area contributed by atoms with Crippen LogP contribution >= 0.6 is 0 Å². The van der Waals surface area contributed by atoms with Gasteiger partial charge in [0.2, 0.25) is 5.91 Å². The minimum absolute atomic E-state index is 0.350. The largest absolute Gasteiger partial charge is 0.341 e. The smallest absolute Gasteiger partial charge is 0.222 e. The number of carbonyl (C=O) groups excluding carboxylic acids is 1. The topological polar surface area (TPSA) is 32.3 Å². The highest BCUT2D eigenvalue weighted by molar-refractivity contribution is 5.76. The van der Waals surface area contributed by atoms with E-state index in [1.807, 2.05) is 11.9 Å². The van der Waals surface area contributed by atoms with Crippen molar-refractivity contribution < 1.29 is 4.79 Å². The van der Waals surface area contributed by atoms with Crippen LogP contribution in [0.3, 0.4) is 0 Å². The van der Waals surface area contributed by atoms with Gasteiger partial charge in [-0.1, -0.05) is 19.8 Å². The number of hydrogen-bond donors (Lipinski definition) is 1.